The molecule has 1 aliphatic carbocycles. The van der Waals surface area contributed by atoms with Gasteiger partial charge >= 0.3 is 0 Å². The molecular weight excluding hydrogens is 246 g/mol. The van der Waals surface area contributed by atoms with Gasteiger partial charge in [-0.05, 0) is 18.4 Å². The molecule has 1 aliphatic heterocycles. The van der Waals surface area contributed by atoms with Gasteiger partial charge in [0.1, 0.15) is 5.60 Å². The van der Waals surface area contributed by atoms with Gasteiger partial charge in [0.2, 0.25) is 0 Å². The fraction of sp³-hybridized carbons (Fsp3) is 0.556. The minimum absolute atomic E-state index is 0.0722. The summed E-state index contributed by atoms with van der Waals surface area (Å²) in [5.74, 6) is 1.20. The monoisotopic (exact) mass is 271 g/mol. The molecule has 2 heteroatoms. The van der Waals surface area contributed by atoms with Crippen molar-refractivity contribution < 1.29 is 4.74 Å². The predicted molar refractivity (Wildman–Crippen MR) is 82.6 cm³/mol. The highest BCUT2D eigenvalue weighted by Gasteiger charge is 2.52. The molecule has 108 valence electrons. The van der Waals surface area contributed by atoms with Crippen LogP contribution in [0.2, 0.25) is 0 Å². The Kier molecular flexibility index (Phi) is 3.95. The molecule has 2 atom stereocenters. The largest absolute Gasteiger partial charge is 0.373 e. The smallest absolute Gasteiger partial charge is 0.101 e. The third-order valence-electron chi connectivity index (χ3n) is 5.23. The summed E-state index contributed by atoms with van der Waals surface area (Å²) in [6, 6.07) is 10.9. The van der Waals surface area contributed by atoms with Gasteiger partial charge in [-0.2, -0.15) is 0 Å². The van der Waals surface area contributed by atoms with E-state index in [9.17, 15) is 0 Å². The number of fused-ring (bicyclic) bond motifs is 2. The Morgan fingerprint density at radius 1 is 1.25 bits per heavy atom. The Morgan fingerprint density at radius 2 is 1.90 bits per heavy atom. The first-order valence-electron chi connectivity index (χ1n) is 7.75. The number of methoxy groups -OCH3 is 1. The highest BCUT2D eigenvalue weighted by Crippen LogP contribution is 2.51. The van der Waals surface area contributed by atoms with Crippen LogP contribution in [0.1, 0.15) is 24.8 Å². The van der Waals surface area contributed by atoms with Gasteiger partial charge in [-0.25, -0.2) is 0 Å². The van der Waals surface area contributed by atoms with Crippen molar-refractivity contribution in [2.45, 2.75) is 24.9 Å². The molecule has 3 rings (SSSR count). The topological polar surface area (TPSA) is 12.5 Å². The van der Waals surface area contributed by atoms with E-state index in [1.807, 2.05) is 13.2 Å². The predicted octanol–water partition coefficient (Wildman–Crippen LogP) is 3.45. The van der Waals surface area contributed by atoms with Crippen molar-refractivity contribution in [3.8, 4) is 0 Å². The van der Waals surface area contributed by atoms with Gasteiger partial charge in [-0.1, -0.05) is 42.8 Å². The highest BCUT2D eigenvalue weighted by molar-refractivity contribution is 5.27. The van der Waals surface area contributed by atoms with Crippen LogP contribution < -0.4 is 0 Å². The van der Waals surface area contributed by atoms with Crippen molar-refractivity contribution in [1.82, 2.24) is 4.90 Å². The number of rotatable bonds is 4. The molecule has 0 N–H and O–H groups in total. The van der Waals surface area contributed by atoms with Gasteiger partial charge in [-0.15, -0.1) is 6.58 Å². The molecule has 2 unspecified atom stereocenters. The zero-order valence-corrected chi connectivity index (χ0v) is 12.4. The van der Waals surface area contributed by atoms with E-state index in [1.165, 1.54) is 24.8 Å². The maximum atomic E-state index is 6.21. The first kappa shape index (κ1) is 13.8. The lowest BCUT2D eigenvalue weighted by molar-refractivity contribution is -0.167. The Labute approximate surface area is 122 Å². The van der Waals surface area contributed by atoms with E-state index in [4.69, 9.17) is 4.74 Å². The number of likely N-dealkylation sites (tertiary alicyclic amines) is 1. The quantitative estimate of drug-likeness (QED) is 0.778. The SMILES string of the molecule is C=CCN1CC2CCCC(C1)C2(OC)c1ccccc1. The summed E-state index contributed by atoms with van der Waals surface area (Å²) in [5.41, 5.74) is 1.30. The normalized spacial score (nSPS) is 33.9. The van der Waals surface area contributed by atoms with Crippen molar-refractivity contribution in [2.24, 2.45) is 11.8 Å². The summed E-state index contributed by atoms with van der Waals surface area (Å²) in [7, 11) is 1.90. The molecule has 1 aromatic carbocycles. The van der Waals surface area contributed by atoms with Crippen molar-refractivity contribution in [2.75, 3.05) is 26.7 Å². The van der Waals surface area contributed by atoms with E-state index in [0.717, 1.165) is 19.6 Å². The summed E-state index contributed by atoms with van der Waals surface area (Å²) in [5, 5.41) is 0. The van der Waals surface area contributed by atoms with Crippen LogP contribution in [0.25, 0.3) is 0 Å². The fourth-order valence-electron chi connectivity index (χ4n) is 4.48. The molecule has 2 aliphatic rings. The van der Waals surface area contributed by atoms with Gasteiger partial charge in [0.05, 0.1) is 0 Å². The molecule has 20 heavy (non-hydrogen) atoms. The zero-order chi connectivity index (χ0) is 14.0. The van der Waals surface area contributed by atoms with Crippen LogP contribution >= 0.6 is 0 Å². The number of ether oxygens (including phenoxy) is 1. The number of nitrogens with zero attached hydrogens (tertiary/aromatic N) is 1. The van der Waals surface area contributed by atoms with E-state index in [-0.39, 0.29) is 5.60 Å². The average Bonchev–Trinajstić information content (AvgIpc) is 2.47. The molecule has 0 spiro atoms. The zero-order valence-electron chi connectivity index (χ0n) is 12.4. The molecule has 1 aromatic rings. The second-order valence-electron chi connectivity index (χ2n) is 6.20. The van der Waals surface area contributed by atoms with Crippen LogP contribution in [-0.2, 0) is 10.3 Å². The van der Waals surface area contributed by atoms with Gasteiger partial charge in [-0.3, -0.25) is 4.90 Å². The van der Waals surface area contributed by atoms with Crippen LogP contribution in [-0.4, -0.2) is 31.6 Å². The van der Waals surface area contributed by atoms with E-state index in [0.29, 0.717) is 11.8 Å². The molecule has 0 amide bonds. The third kappa shape index (κ3) is 2.11. The number of hydrogen-bond donors (Lipinski definition) is 0. The highest BCUT2D eigenvalue weighted by atomic mass is 16.5. The number of hydrogen-bond acceptors (Lipinski definition) is 2. The van der Waals surface area contributed by atoms with Crippen molar-refractivity contribution in [3.63, 3.8) is 0 Å². The van der Waals surface area contributed by atoms with Gasteiger partial charge in [0.25, 0.3) is 0 Å². The average molecular weight is 271 g/mol. The lowest BCUT2D eigenvalue weighted by atomic mass is 9.62. The van der Waals surface area contributed by atoms with E-state index < -0.39 is 0 Å². The number of benzene rings is 1. The summed E-state index contributed by atoms with van der Waals surface area (Å²) < 4.78 is 6.21. The lowest BCUT2D eigenvalue weighted by Crippen LogP contribution is -2.59. The Balaban J connectivity index is 1.96. The molecule has 0 aromatic heterocycles. The Morgan fingerprint density at radius 3 is 2.45 bits per heavy atom. The van der Waals surface area contributed by atoms with Crippen LogP contribution in [0.15, 0.2) is 43.0 Å². The van der Waals surface area contributed by atoms with Crippen molar-refractivity contribution in [1.29, 1.82) is 0 Å². The molecule has 1 saturated heterocycles. The second-order valence-corrected chi connectivity index (χ2v) is 6.20. The van der Waals surface area contributed by atoms with Gasteiger partial charge < -0.3 is 4.74 Å². The van der Waals surface area contributed by atoms with Crippen LogP contribution in [0.3, 0.4) is 0 Å². The van der Waals surface area contributed by atoms with Crippen LogP contribution in [0.4, 0.5) is 0 Å². The number of piperidine rings is 1. The Bertz CT molecular complexity index is 442. The van der Waals surface area contributed by atoms with Gasteiger partial charge in [0.15, 0.2) is 0 Å². The maximum Gasteiger partial charge on any atom is 0.101 e. The molecule has 2 fully saturated rings. The van der Waals surface area contributed by atoms with Crippen LogP contribution in [0.5, 0.6) is 0 Å². The standard InChI is InChI=1S/C18H25NO/c1-3-12-19-13-16-10-7-11-17(14-19)18(16,20-2)15-8-5-4-6-9-15/h3-6,8-9,16-17H,1,7,10-14H2,2H3. The van der Waals surface area contributed by atoms with Crippen molar-refractivity contribution >= 4 is 0 Å². The summed E-state index contributed by atoms with van der Waals surface area (Å²) in [6.45, 7) is 7.15. The van der Waals surface area contributed by atoms with E-state index >= 15 is 0 Å². The summed E-state index contributed by atoms with van der Waals surface area (Å²) in [4.78, 5) is 2.54. The maximum absolute atomic E-state index is 6.21. The molecular formula is C18H25NO. The van der Waals surface area contributed by atoms with E-state index in [2.05, 4.69) is 41.8 Å². The molecule has 2 bridgehead atoms. The van der Waals surface area contributed by atoms with E-state index in [1.54, 1.807) is 0 Å². The van der Waals surface area contributed by atoms with Crippen LogP contribution in [0, 0.1) is 11.8 Å². The van der Waals surface area contributed by atoms with Crippen molar-refractivity contribution in [3.05, 3.63) is 48.6 Å². The lowest BCUT2D eigenvalue weighted by Gasteiger charge is -2.55. The minimum atomic E-state index is -0.0722. The molecule has 1 heterocycles. The van der Waals surface area contributed by atoms with Gasteiger partial charge in [0, 0.05) is 38.6 Å². The third-order valence-corrected chi connectivity index (χ3v) is 5.23. The summed E-state index contributed by atoms with van der Waals surface area (Å²) in [6.07, 6.45) is 5.91. The molecule has 0 radical (unpaired) electrons. The Hall–Kier alpha value is -1.12. The second kappa shape index (κ2) is 5.71. The minimum Gasteiger partial charge on any atom is -0.373 e. The first-order valence-corrected chi connectivity index (χ1v) is 7.75. The fourth-order valence-corrected chi connectivity index (χ4v) is 4.48. The molecule has 2 nitrogen and oxygen atoms in total. The molecule has 1 saturated carbocycles. The first-order chi connectivity index (χ1) is 9.81. The summed E-state index contributed by atoms with van der Waals surface area (Å²) >= 11 is 0.